The van der Waals surface area contributed by atoms with Crippen LogP contribution in [0.4, 0.5) is 16.2 Å². The summed E-state index contributed by atoms with van der Waals surface area (Å²) in [6, 6.07) is 12.7. The normalized spacial score (nSPS) is 20.3. The van der Waals surface area contributed by atoms with E-state index in [9.17, 15) is 14.4 Å². The predicted molar refractivity (Wildman–Crippen MR) is 116 cm³/mol. The van der Waals surface area contributed by atoms with Crippen LogP contribution in [0.1, 0.15) is 12.8 Å². The van der Waals surface area contributed by atoms with Crippen molar-refractivity contribution in [1.82, 2.24) is 14.4 Å². The number of pyridine rings is 1. The molecule has 1 aromatic heterocycles. The van der Waals surface area contributed by atoms with Gasteiger partial charge >= 0.3 is 6.03 Å². The van der Waals surface area contributed by atoms with Crippen molar-refractivity contribution in [3.63, 3.8) is 0 Å². The Kier molecular flexibility index (Phi) is 5.85. The van der Waals surface area contributed by atoms with E-state index in [1.54, 1.807) is 30.3 Å². The zero-order valence-corrected chi connectivity index (χ0v) is 17.2. The maximum Gasteiger partial charge on any atom is 0.322 e. The molecule has 2 aliphatic heterocycles. The van der Waals surface area contributed by atoms with Crippen molar-refractivity contribution in [2.75, 3.05) is 42.9 Å². The van der Waals surface area contributed by atoms with E-state index in [0.717, 1.165) is 25.1 Å². The number of hydrogen-bond acceptors (Lipinski definition) is 4. The first-order valence-corrected chi connectivity index (χ1v) is 10.4. The van der Waals surface area contributed by atoms with Crippen LogP contribution in [-0.4, -0.2) is 65.1 Å². The summed E-state index contributed by atoms with van der Waals surface area (Å²) in [5.74, 6) is 0.137. The molecule has 1 unspecified atom stereocenters. The fraction of sp³-hybridized carbons (Fsp3) is 0.409. The first-order chi connectivity index (χ1) is 14.5. The van der Waals surface area contributed by atoms with Crippen molar-refractivity contribution in [3.05, 3.63) is 59.0 Å². The van der Waals surface area contributed by atoms with Gasteiger partial charge in [0.1, 0.15) is 5.69 Å². The number of para-hydroxylation sites is 1. The molecule has 3 heterocycles. The molecule has 0 bridgehead atoms. The van der Waals surface area contributed by atoms with E-state index >= 15 is 0 Å². The number of rotatable bonds is 3. The summed E-state index contributed by atoms with van der Waals surface area (Å²) >= 11 is 0. The second-order valence-electron chi connectivity index (χ2n) is 7.77. The average molecular weight is 409 g/mol. The lowest BCUT2D eigenvalue weighted by atomic mass is 10.0. The van der Waals surface area contributed by atoms with Gasteiger partial charge in [0.15, 0.2) is 0 Å². The molecule has 0 aliphatic carbocycles. The molecule has 2 aliphatic rings. The van der Waals surface area contributed by atoms with E-state index in [1.807, 2.05) is 35.2 Å². The Morgan fingerprint density at radius 3 is 2.43 bits per heavy atom. The number of aromatic nitrogens is 1. The van der Waals surface area contributed by atoms with Crippen LogP contribution in [0.3, 0.4) is 0 Å². The van der Waals surface area contributed by atoms with Gasteiger partial charge in [0, 0.05) is 51.7 Å². The number of piperazine rings is 1. The highest BCUT2D eigenvalue weighted by Gasteiger charge is 2.36. The number of hydrogen-bond donors (Lipinski definition) is 1. The van der Waals surface area contributed by atoms with Crippen molar-refractivity contribution in [1.29, 1.82) is 0 Å². The molecule has 8 heteroatoms. The first-order valence-electron chi connectivity index (χ1n) is 10.4. The number of urea groups is 1. The lowest BCUT2D eigenvalue weighted by molar-refractivity contribution is -0.126. The highest BCUT2D eigenvalue weighted by molar-refractivity contribution is 5.98. The van der Waals surface area contributed by atoms with Crippen molar-refractivity contribution in [2.45, 2.75) is 18.9 Å². The van der Waals surface area contributed by atoms with Gasteiger partial charge < -0.3 is 19.7 Å². The molecule has 4 rings (SSSR count). The number of carbonyl (C=O) groups excluding carboxylic acids is 2. The van der Waals surface area contributed by atoms with Crippen LogP contribution in [0.5, 0.6) is 0 Å². The number of piperidine rings is 1. The number of nitrogens with one attached hydrogen (secondary N) is 1. The summed E-state index contributed by atoms with van der Waals surface area (Å²) in [6.45, 7) is 3.06. The Morgan fingerprint density at radius 2 is 1.70 bits per heavy atom. The summed E-state index contributed by atoms with van der Waals surface area (Å²) in [5, 5.41) is 2.71. The molecule has 0 spiro atoms. The Morgan fingerprint density at radius 1 is 0.967 bits per heavy atom. The zero-order valence-electron chi connectivity index (χ0n) is 17.2. The molecule has 1 N–H and O–H groups in total. The number of aryl methyl sites for hydroxylation is 1. The van der Waals surface area contributed by atoms with Crippen molar-refractivity contribution >= 4 is 23.3 Å². The van der Waals surface area contributed by atoms with Gasteiger partial charge in [0.25, 0.3) is 5.56 Å². The minimum atomic E-state index is -0.279. The summed E-state index contributed by atoms with van der Waals surface area (Å²) in [7, 11) is 1.65. The van der Waals surface area contributed by atoms with Gasteiger partial charge in [-0.05, 0) is 37.1 Å². The monoisotopic (exact) mass is 409 g/mol. The third-order valence-electron chi connectivity index (χ3n) is 5.89. The van der Waals surface area contributed by atoms with Gasteiger partial charge in [-0.2, -0.15) is 0 Å². The van der Waals surface area contributed by atoms with E-state index in [1.165, 1.54) is 4.57 Å². The predicted octanol–water partition coefficient (Wildman–Crippen LogP) is 1.73. The van der Waals surface area contributed by atoms with Crippen molar-refractivity contribution in [3.8, 4) is 0 Å². The molecule has 0 radical (unpaired) electrons. The Labute approximate surface area is 175 Å². The zero-order chi connectivity index (χ0) is 21.1. The average Bonchev–Trinajstić information content (AvgIpc) is 2.78. The van der Waals surface area contributed by atoms with E-state index in [-0.39, 0.29) is 29.2 Å². The van der Waals surface area contributed by atoms with Gasteiger partial charge in [-0.3, -0.25) is 14.5 Å². The van der Waals surface area contributed by atoms with Gasteiger partial charge in [0.05, 0.1) is 6.04 Å². The summed E-state index contributed by atoms with van der Waals surface area (Å²) in [5.41, 5.74) is 0.973. The molecule has 1 atom stereocenters. The molecule has 2 aromatic rings. The van der Waals surface area contributed by atoms with Crippen LogP contribution < -0.4 is 15.8 Å². The summed E-state index contributed by atoms with van der Waals surface area (Å²) in [4.78, 5) is 43.6. The minimum Gasteiger partial charge on any atom is -0.322 e. The second kappa shape index (κ2) is 8.71. The number of nitrogens with zero attached hydrogens (tertiary/aromatic N) is 4. The maximum atomic E-state index is 13.1. The van der Waals surface area contributed by atoms with E-state index in [4.69, 9.17) is 0 Å². The smallest absolute Gasteiger partial charge is 0.322 e. The van der Waals surface area contributed by atoms with Gasteiger partial charge in [-0.1, -0.05) is 18.2 Å². The first kappa shape index (κ1) is 20.2. The fourth-order valence-corrected chi connectivity index (χ4v) is 4.18. The summed E-state index contributed by atoms with van der Waals surface area (Å²) < 4.78 is 1.43. The van der Waals surface area contributed by atoms with E-state index in [0.29, 0.717) is 26.2 Å². The van der Waals surface area contributed by atoms with Crippen LogP contribution >= 0.6 is 0 Å². The molecular weight excluding hydrogens is 382 g/mol. The van der Waals surface area contributed by atoms with Crippen LogP contribution in [-0.2, 0) is 11.8 Å². The number of carbonyl (C=O) groups is 2. The van der Waals surface area contributed by atoms with E-state index in [2.05, 4.69) is 10.2 Å². The van der Waals surface area contributed by atoms with Crippen LogP contribution in [0.25, 0.3) is 0 Å². The van der Waals surface area contributed by atoms with Gasteiger partial charge in [0.2, 0.25) is 5.91 Å². The maximum absolute atomic E-state index is 13.1. The fourth-order valence-electron chi connectivity index (χ4n) is 4.18. The quantitative estimate of drug-likeness (QED) is 0.838. The lowest BCUT2D eigenvalue weighted by Crippen LogP contribution is -2.58. The van der Waals surface area contributed by atoms with Crippen molar-refractivity contribution in [2.24, 2.45) is 7.05 Å². The van der Waals surface area contributed by atoms with Crippen molar-refractivity contribution < 1.29 is 9.59 Å². The molecule has 2 saturated heterocycles. The lowest BCUT2D eigenvalue weighted by Gasteiger charge is -2.42. The van der Waals surface area contributed by atoms with Gasteiger partial charge in [-0.15, -0.1) is 0 Å². The number of anilines is 2. The standard InChI is InChI=1S/C22H27N5O3/c1-24-11-5-9-18(20(24)28)23-22(30)26-15-13-25(14-16-26)19-10-6-12-27(21(19)29)17-7-3-2-4-8-17/h2-5,7-9,11,19H,6,10,12-16H2,1H3,(H,23,30). The Balaban J connectivity index is 1.36. The third kappa shape index (κ3) is 4.09. The molecule has 158 valence electrons. The van der Waals surface area contributed by atoms with Crippen LogP contribution in [0.15, 0.2) is 53.5 Å². The molecular formula is C22H27N5O3. The Bertz CT molecular complexity index is 966. The summed E-state index contributed by atoms with van der Waals surface area (Å²) in [6.07, 6.45) is 3.45. The molecule has 8 nitrogen and oxygen atoms in total. The van der Waals surface area contributed by atoms with E-state index < -0.39 is 0 Å². The topological polar surface area (TPSA) is 77.9 Å². The third-order valence-corrected chi connectivity index (χ3v) is 5.89. The molecule has 2 fully saturated rings. The minimum absolute atomic E-state index is 0.137. The molecule has 3 amide bonds. The molecule has 30 heavy (non-hydrogen) atoms. The molecule has 1 aromatic carbocycles. The number of amides is 3. The van der Waals surface area contributed by atoms with Crippen LogP contribution in [0, 0.1) is 0 Å². The number of benzene rings is 1. The highest BCUT2D eigenvalue weighted by atomic mass is 16.2. The second-order valence-corrected chi connectivity index (χ2v) is 7.77. The molecule has 0 saturated carbocycles. The highest BCUT2D eigenvalue weighted by Crippen LogP contribution is 2.24. The van der Waals surface area contributed by atoms with Gasteiger partial charge in [-0.25, -0.2) is 4.79 Å². The van der Waals surface area contributed by atoms with Crippen LogP contribution in [0.2, 0.25) is 0 Å². The largest absolute Gasteiger partial charge is 0.322 e. The SMILES string of the molecule is Cn1cccc(NC(=O)N2CCN(C3CCCN(c4ccccc4)C3=O)CC2)c1=O. The Hall–Kier alpha value is -3.13.